The van der Waals surface area contributed by atoms with Gasteiger partial charge in [-0.2, -0.15) is 0 Å². The molecule has 3 N–H and O–H groups in total. The van der Waals surface area contributed by atoms with Crippen molar-refractivity contribution in [1.82, 2.24) is 5.32 Å². The summed E-state index contributed by atoms with van der Waals surface area (Å²) in [5, 5.41) is 22.0. The summed E-state index contributed by atoms with van der Waals surface area (Å²) in [6.07, 6.45) is 3.94. The quantitative estimate of drug-likeness (QED) is 0.623. The number of rotatable bonds is 6. The van der Waals surface area contributed by atoms with E-state index in [0.717, 1.165) is 38.8 Å². The number of aliphatic hydroxyl groups excluding tert-OH is 2. The molecule has 0 bridgehead atoms. The first kappa shape index (κ1) is 12.9. The van der Waals surface area contributed by atoms with Crippen LogP contribution in [-0.4, -0.2) is 36.0 Å². The molecule has 1 fully saturated rings. The Labute approximate surface area is 92.9 Å². The van der Waals surface area contributed by atoms with E-state index in [-0.39, 0.29) is 18.1 Å². The van der Waals surface area contributed by atoms with Crippen molar-refractivity contribution in [2.75, 3.05) is 19.7 Å². The van der Waals surface area contributed by atoms with Crippen LogP contribution in [0, 0.1) is 11.3 Å². The van der Waals surface area contributed by atoms with Gasteiger partial charge in [0, 0.05) is 18.6 Å². The van der Waals surface area contributed by atoms with Crippen LogP contribution in [0.3, 0.4) is 0 Å². The van der Waals surface area contributed by atoms with Crippen LogP contribution in [-0.2, 0) is 0 Å². The summed E-state index contributed by atoms with van der Waals surface area (Å²) in [5.41, 5.74) is 0.0111. The smallest absolute Gasteiger partial charge is 0.0543 e. The lowest BCUT2D eigenvalue weighted by Crippen LogP contribution is -2.36. The maximum absolute atomic E-state index is 9.38. The molecule has 3 heteroatoms. The minimum atomic E-state index is -0.0767. The van der Waals surface area contributed by atoms with Crippen LogP contribution in [0.4, 0.5) is 0 Å². The Bertz CT molecular complexity index is 180. The van der Waals surface area contributed by atoms with Gasteiger partial charge in [0.25, 0.3) is 0 Å². The second-order valence-electron chi connectivity index (χ2n) is 5.29. The van der Waals surface area contributed by atoms with E-state index in [0.29, 0.717) is 5.92 Å². The van der Waals surface area contributed by atoms with Crippen molar-refractivity contribution in [2.24, 2.45) is 11.3 Å². The van der Waals surface area contributed by atoms with E-state index < -0.39 is 0 Å². The summed E-state index contributed by atoms with van der Waals surface area (Å²) in [7, 11) is 0. The molecule has 0 saturated heterocycles. The monoisotopic (exact) mass is 215 g/mol. The molecule has 0 heterocycles. The lowest BCUT2D eigenvalue weighted by atomic mass is 9.88. The van der Waals surface area contributed by atoms with E-state index >= 15 is 0 Å². The molecule has 1 aliphatic carbocycles. The van der Waals surface area contributed by atoms with Crippen molar-refractivity contribution in [3.05, 3.63) is 0 Å². The lowest BCUT2D eigenvalue weighted by Gasteiger charge is -2.26. The molecule has 3 atom stereocenters. The zero-order valence-corrected chi connectivity index (χ0v) is 10.00. The fourth-order valence-corrected chi connectivity index (χ4v) is 2.10. The SMILES string of the molecule is CCC(C)(CO)CNCC1CCC(O)C1. The molecule has 1 saturated carbocycles. The molecule has 15 heavy (non-hydrogen) atoms. The van der Waals surface area contributed by atoms with E-state index in [2.05, 4.69) is 19.2 Å². The van der Waals surface area contributed by atoms with Gasteiger partial charge in [-0.1, -0.05) is 13.8 Å². The molecule has 0 aliphatic heterocycles. The highest BCUT2D eigenvalue weighted by molar-refractivity contribution is 4.79. The first-order chi connectivity index (χ1) is 7.09. The number of hydrogen-bond donors (Lipinski definition) is 3. The van der Waals surface area contributed by atoms with E-state index in [9.17, 15) is 10.2 Å². The summed E-state index contributed by atoms with van der Waals surface area (Å²) >= 11 is 0. The molecule has 3 nitrogen and oxygen atoms in total. The molecular weight excluding hydrogens is 190 g/mol. The van der Waals surface area contributed by atoms with Crippen LogP contribution in [0.5, 0.6) is 0 Å². The van der Waals surface area contributed by atoms with Gasteiger partial charge in [0.05, 0.1) is 6.10 Å². The van der Waals surface area contributed by atoms with Crippen molar-refractivity contribution in [3.63, 3.8) is 0 Å². The van der Waals surface area contributed by atoms with Gasteiger partial charge >= 0.3 is 0 Å². The van der Waals surface area contributed by atoms with Crippen LogP contribution in [0.2, 0.25) is 0 Å². The summed E-state index contributed by atoms with van der Waals surface area (Å²) in [4.78, 5) is 0. The van der Waals surface area contributed by atoms with Gasteiger partial charge in [0.15, 0.2) is 0 Å². The fraction of sp³-hybridized carbons (Fsp3) is 1.00. The Morgan fingerprint density at radius 3 is 2.60 bits per heavy atom. The Balaban J connectivity index is 2.15. The predicted octanol–water partition coefficient (Wildman–Crippen LogP) is 1.15. The zero-order chi connectivity index (χ0) is 11.3. The highest BCUT2D eigenvalue weighted by atomic mass is 16.3. The van der Waals surface area contributed by atoms with Gasteiger partial charge in [-0.3, -0.25) is 0 Å². The summed E-state index contributed by atoms with van der Waals surface area (Å²) in [6, 6.07) is 0. The maximum Gasteiger partial charge on any atom is 0.0543 e. The second kappa shape index (κ2) is 5.83. The first-order valence-electron chi connectivity index (χ1n) is 6.09. The van der Waals surface area contributed by atoms with Crippen molar-refractivity contribution in [1.29, 1.82) is 0 Å². The third kappa shape index (κ3) is 4.09. The standard InChI is InChI=1S/C12H25NO2/c1-3-12(2,9-14)8-13-7-10-4-5-11(15)6-10/h10-11,13-15H,3-9H2,1-2H3. The highest BCUT2D eigenvalue weighted by Gasteiger charge is 2.24. The predicted molar refractivity (Wildman–Crippen MR) is 61.7 cm³/mol. The molecule has 0 aromatic carbocycles. The average Bonchev–Trinajstić information content (AvgIpc) is 2.64. The van der Waals surface area contributed by atoms with Gasteiger partial charge < -0.3 is 15.5 Å². The molecule has 0 radical (unpaired) electrons. The van der Waals surface area contributed by atoms with E-state index in [1.54, 1.807) is 0 Å². The third-order valence-corrected chi connectivity index (χ3v) is 3.73. The van der Waals surface area contributed by atoms with Gasteiger partial charge in [-0.15, -0.1) is 0 Å². The van der Waals surface area contributed by atoms with E-state index in [1.807, 2.05) is 0 Å². The number of nitrogens with one attached hydrogen (secondary N) is 1. The Morgan fingerprint density at radius 2 is 2.13 bits per heavy atom. The largest absolute Gasteiger partial charge is 0.396 e. The number of hydrogen-bond acceptors (Lipinski definition) is 3. The summed E-state index contributed by atoms with van der Waals surface area (Å²) < 4.78 is 0. The molecule has 1 rings (SSSR count). The van der Waals surface area contributed by atoms with Crippen LogP contribution in [0.15, 0.2) is 0 Å². The van der Waals surface area contributed by atoms with Crippen LogP contribution in [0.25, 0.3) is 0 Å². The highest BCUT2D eigenvalue weighted by Crippen LogP contribution is 2.25. The molecule has 0 spiro atoms. The molecule has 0 aromatic rings. The van der Waals surface area contributed by atoms with Crippen molar-refractivity contribution in [3.8, 4) is 0 Å². The molecule has 90 valence electrons. The molecule has 3 unspecified atom stereocenters. The minimum absolute atomic E-state index is 0.0111. The van der Waals surface area contributed by atoms with Crippen LogP contribution < -0.4 is 5.32 Å². The van der Waals surface area contributed by atoms with Crippen molar-refractivity contribution >= 4 is 0 Å². The maximum atomic E-state index is 9.38. The van der Waals surface area contributed by atoms with E-state index in [4.69, 9.17) is 0 Å². The van der Waals surface area contributed by atoms with Crippen LogP contribution in [0.1, 0.15) is 39.5 Å². The molecular formula is C12H25NO2. The van der Waals surface area contributed by atoms with Gasteiger partial charge in [0.2, 0.25) is 0 Å². The molecule has 0 aromatic heterocycles. The lowest BCUT2D eigenvalue weighted by molar-refractivity contribution is 0.133. The molecule has 1 aliphatic rings. The van der Waals surface area contributed by atoms with Crippen molar-refractivity contribution in [2.45, 2.75) is 45.6 Å². The Hall–Kier alpha value is -0.120. The Kier molecular flexibility index (Phi) is 5.03. The second-order valence-corrected chi connectivity index (χ2v) is 5.29. The van der Waals surface area contributed by atoms with Crippen LogP contribution >= 0.6 is 0 Å². The van der Waals surface area contributed by atoms with E-state index in [1.165, 1.54) is 0 Å². The van der Waals surface area contributed by atoms with Gasteiger partial charge in [-0.05, 0) is 38.1 Å². The summed E-state index contributed by atoms with van der Waals surface area (Å²) in [5.74, 6) is 0.625. The average molecular weight is 215 g/mol. The zero-order valence-electron chi connectivity index (χ0n) is 10.00. The topological polar surface area (TPSA) is 52.5 Å². The minimum Gasteiger partial charge on any atom is -0.396 e. The Morgan fingerprint density at radius 1 is 1.40 bits per heavy atom. The van der Waals surface area contributed by atoms with Gasteiger partial charge in [0.1, 0.15) is 0 Å². The van der Waals surface area contributed by atoms with Gasteiger partial charge in [-0.25, -0.2) is 0 Å². The first-order valence-corrected chi connectivity index (χ1v) is 6.09. The third-order valence-electron chi connectivity index (χ3n) is 3.73. The normalized spacial score (nSPS) is 30.4. The molecule has 0 amide bonds. The van der Waals surface area contributed by atoms with Crippen molar-refractivity contribution < 1.29 is 10.2 Å². The summed E-state index contributed by atoms with van der Waals surface area (Å²) in [6.45, 7) is 6.30. The number of aliphatic hydroxyl groups is 2. The fourth-order valence-electron chi connectivity index (χ4n) is 2.10.